The minimum absolute atomic E-state index is 0.127. The van der Waals surface area contributed by atoms with Crippen LogP contribution in [0.1, 0.15) is 17.5 Å². The van der Waals surface area contributed by atoms with E-state index in [1.165, 1.54) is 18.2 Å². The Bertz CT molecular complexity index is 833. The quantitative estimate of drug-likeness (QED) is 0.467. The highest BCUT2D eigenvalue weighted by Crippen LogP contribution is 2.42. The molecule has 0 aliphatic heterocycles. The molecule has 0 saturated carbocycles. The molecule has 0 aliphatic rings. The van der Waals surface area contributed by atoms with Crippen LogP contribution in [0.2, 0.25) is 15.1 Å². The number of aliphatic carboxylic acids is 1. The van der Waals surface area contributed by atoms with Gasteiger partial charge in [-0.15, -0.1) is 11.6 Å². The molecule has 3 nitrogen and oxygen atoms in total. The summed E-state index contributed by atoms with van der Waals surface area (Å²) in [6.07, 6.45) is -4.21. The summed E-state index contributed by atoms with van der Waals surface area (Å²) >= 11 is 23.5. The second-order valence-corrected chi connectivity index (χ2v) is 7.21. The van der Waals surface area contributed by atoms with E-state index in [-0.39, 0.29) is 34.4 Å². The number of rotatable bonds is 6. The van der Waals surface area contributed by atoms with Gasteiger partial charge in [0.15, 0.2) is 5.75 Å². The summed E-state index contributed by atoms with van der Waals surface area (Å²) in [5, 5.41) is 7.49. The zero-order valence-corrected chi connectivity index (χ0v) is 16.3. The van der Waals surface area contributed by atoms with E-state index in [1.54, 1.807) is 0 Å². The summed E-state index contributed by atoms with van der Waals surface area (Å²) in [5.41, 5.74) is -0.441. The first-order valence-electron chi connectivity index (χ1n) is 7.38. The maximum absolute atomic E-state index is 12.8. The van der Waals surface area contributed by atoms with Crippen LogP contribution in [-0.4, -0.2) is 16.5 Å². The Labute approximate surface area is 172 Å². The van der Waals surface area contributed by atoms with Gasteiger partial charge < -0.3 is 9.84 Å². The summed E-state index contributed by atoms with van der Waals surface area (Å²) in [4.78, 5) is 10.8. The van der Waals surface area contributed by atoms with Gasteiger partial charge in [-0.2, -0.15) is 13.2 Å². The van der Waals surface area contributed by atoms with Crippen molar-refractivity contribution in [1.82, 2.24) is 0 Å². The van der Waals surface area contributed by atoms with Crippen LogP contribution in [0.3, 0.4) is 0 Å². The topological polar surface area (TPSA) is 46.5 Å². The molecule has 1 N–H and O–H groups in total. The molecule has 0 saturated heterocycles. The first-order valence-corrected chi connectivity index (χ1v) is 8.95. The molecule has 0 amide bonds. The summed E-state index contributed by atoms with van der Waals surface area (Å²) < 4.78 is 43.9. The molecule has 0 fully saturated rings. The number of carbonyl (C=O) groups is 1. The highest BCUT2D eigenvalue weighted by molar-refractivity contribution is 6.37. The molecule has 0 aliphatic carbocycles. The van der Waals surface area contributed by atoms with Crippen LogP contribution in [0.4, 0.5) is 13.2 Å². The van der Waals surface area contributed by atoms with E-state index in [0.29, 0.717) is 22.7 Å². The average molecular weight is 462 g/mol. The molecule has 0 spiro atoms. The van der Waals surface area contributed by atoms with Gasteiger partial charge in [-0.1, -0.05) is 34.8 Å². The third-order valence-electron chi connectivity index (χ3n) is 3.50. The molecule has 2 aromatic rings. The van der Waals surface area contributed by atoms with E-state index in [9.17, 15) is 18.0 Å². The van der Waals surface area contributed by atoms with Crippen molar-refractivity contribution in [2.24, 2.45) is 0 Å². The molecule has 1 atom stereocenters. The molecule has 0 heterocycles. The van der Waals surface area contributed by atoms with Gasteiger partial charge in [0.05, 0.1) is 15.6 Å². The van der Waals surface area contributed by atoms with Crippen molar-refractivity contribution >= 4 is 52.4 Å². The van der Waals surface area contributed by atoms with Crippen molar-refractivity contribution in [3.63, 3.8) is 0 Å². The molecule has 2 rings (SSSR count). The number of hydrogen-bond donors (Lipinski definition) is 1. The molecular weight excluding hydrogens is 451 g/mol. The van der Waals surface area contributed by atoms with Crippen molar-refractivity contribution in [3.05, 3.63) is 56.5 Å². The Kier molecular flexibility index (Phi) is 7.14. The van der Waals surface area contributed by atoms with Crippen molar-refractivity contribution in [2.75, 3.05) is 0 Å². The molecule has 10 heteroatoms. The van der Waals surface area contributed by atoms with Crippen molar-refractivity contribution in [2.45, 2.75) is 24.4 Å². The Balaban J connectivity index is 2.25. The first-order chi connectivity index (χ1) is 12.5. The molecule has 0 bridgehead atoms. The van der Waals surface area contributed by atoms with Gasteiger partial charge in [-0.3, -0.25) is 4.79 Å². The minimum Gasteiger partial charge on any atom is -0.480 e. The number of ether oxygens (including phenoxy) is 1. The standard InChI is InChI=1S/C17H11Cl4F3O3/c18-11-4-2-10(5-8(11)1-3-12(19)16(25)26)27-15-13(20)6-9(7-14(15)21)17(22,23)24/h2,4-7,12H,1,3H2,(H,25,26). The lowest BCUT2D eigenvalue weighted by atomic mass is 10.1. The molecular formula is C17H11Cl4F3O3. The summed E-state index contributed by atoms with van der Waals surface area (Å²) in [7, 11) is 0. The number of aryl methyl sites for hydroxylation is 1. The van der Waals surface area contributed by atoms with Crippen LogP contribution in [0, 0.1) is 0 Å². The van der Waals surface area contributed by atoms with Gasteiger partial charge in [0.2, 0.25) is 0 Å². The highest BCUT2D eigenvalue weighted by Gasteiger charge is 2.32. The number of alkyl halides is 4. The van der Waals surface area contributed by atoms with E-state index in [4.69, 9.17) is 56.2 Å². The number of halogens is 7. The fourth-order valence-corrected chi connectivity index (χ4v) is 3.04. The number of carboxylic acids is 1. The van der Waals surface area contributed by atoms with Crippen LogP contribution in [-0.2, 0) is 17.4 Å². The summed E-state index contributed by atoms with van der Waals surface area (Å²) in [6, 6.07) is 5.92. The zero-order valence-electron chi connectivity index (χ0n) is 13.3. The fourth-order valence-electron chi connectivity index (χ4n) is 2.15. The van der Waals surface area contributed by atoms with E-state index < -0.39 is 23.1 Å². The second kappa shape index (κ2) is 8.78. The van der Waals surface area contributed by atoms with Gasteiger partial charge in [0.25, 0.3) is 0 Å². The number of carboxylic acid groups (broad SMARTS) is 1. The van der Waals surface area contributed by atoms with Gasteiger partial charge in [0, 0.05) is 5.02 Å². The van der Waals surface area contributed by atoms with E-state index >= 15 is 0 Å². The molecule has 2 aromatic carbocycles. The zero-order chi connectivity index (χ0) is 20.4. The highest BCUT2D eigenvalue weighted by atomic mass is 35.5. The maximum atomic E-state index is 12.8. The van der Waals surface area contributed by atoms with Gasteiger partial charge in [-0.05, 0) is 48.7 Å². The maximum Gasteiger partial charge on any atom is 0.416 e. The van der Waals surface area contributed by atoms with Crippen LogP contribution in [0.25, 0.3) is 0 Å². The monoisotopic (exact) mass is 460 g/mol. The van der Waals surface area contributed by atoms with Crippen LogP contribution in [0.15, 0.2) is 30.3 Å². The molecule has 27 heavy (non-hydrogen) atoms. The Morgan fingerprint density at radius 3 is 2.19 bits per heavy atom. The molecule has 0 radical (unpaired) electrons. The summed E-state index contributed by atoms with van der Waals surface area (Å²) in [5.74, 6) is -1.07. The Morgan fingerprint density at radius 1 is 1.07 bits per heavy atom. The van der Waals surface area contributed by atoms with Crippen molar-refractivity contribution in [3.8, 4) is 11.5 Å². The molecule has 146 valence electrons. The third kappa shape index (κ3) is 5.82. The predicted octanol–water partition coefficient (Wildman–Crippen LogP) is 7.08. The lowest BCUT2D eigenvalue weighted by molar-refractivity contribution is -0.138. The van der Waals surface area contributed by atoms with Crippen molar-refractivity contribution in [1.29, 1.82) is 0 Å². The molecule has 1 unspecified atom stereocenters. The Morgan fingerprint density at radius 2 is 1.67 bits per heavy atom. The predicted molar refractivity (Wildman–Crippen MR) is 98.6 cm³/mol. The summed E-state index contributed by atoms with van der Waals surface area (Å²) in [6.45, 7) is 0. The smallest absolute Gasteiger partial charge is 0.416 e. The number of hydrogen-bond acceptors (Lipinski definition) is 2. The lowest BCUT2D eigenvalue weighted by Gasteiger charge is -2.14. The largest absolute Gasteiger partial charge is 0.480 e. The van der Waals surface area contributed by atoms with Crippen molar-refractivity contribution < 1.29 is 27.8 Å². The first kappa shape index (κ1) is 22.0. The normalized spacial score (nSPS) is 12.7. The second-order valence-electron chi connectivity index (χ2n) is 5.47. The third-order valence-corrected chi connectivity index (χ3v) is 4.83. The van der Waals surface area contributed by atoms with Crippen LogP contribution in [0.5, 0.6) is 11.5 Å². The van der Waals surface area contributed by atoms with Crippen LogP contribution < -0.4 is 4.74 Å². The van der Waals surface area contributed by atoms with E-state index in [2.05, 4.69) is 0 Å². The van der Waals surface area contributed by atoms with Gasteiger partial charge in [0.1, 0.15) is 11.1 Å². The van der Waals surface area contributed by atoms with Crippen LogP contribution >= 0.6 is 46.4 Å². The number of benzene rings is 2. The fraction of sp³-hybridized carbons (Fsp3) is 0.235. The lowest BCUT2D eigenvalue weighted by Crippen LogP contribution is -2.13. The molecule has 0 aromatic heterocycles. The Hall–Kier alpha value is -1.34. The van der Waals surface area contributed by atoms with E-state index in [0.717, 1.165) is 0 Å². The van der Waals surface area contributed by atoms with Gasteiger partial charge >= 0.3 is 12.1 Å². The van der Waals surface area contributed by atoms with E-state index in [1.807, 2.05) is 0 Å². The minimum atomic E-state index is -4.60. The van der Waals surface area contributed by atoms with Gasteiger partial charge in [-0.25, -0.2) is 0 Å². The average Bonchev–Trinajstić information content (AvgIpc) is 2.56. The SMILES string of the molecule is O=C(O)C(Cl)CCc1cc(Oc2c(Cl)cc(C(F)(F)F)cc2Cl)ccc1Cl.